The molecule has 1 rings (SSSR count). The van der Waals surface area contributed by atoms with Crippen LogP contribution in [-0.4, -0.2) is 16.6 Å². The van der Waals surface area contributed by atoms with E-state index in [0.717, 1.165) is 0 Å². The summed E-state index contributed by atoms with van der Waals surface area (Å²) in [7, 11) is 0. The van der Waals surface area contributed by atoms with Gasteiger partial charge in [0.05, 0.1) is 17.6 Å². The average molecular weight is 217 g/mol. The minimum absolute atomic E-state index is 0.168. The number of aliphatic hydroxyl groups is 1. The molecular weight excluding hydrogens is 208 g/mol. The Hall–Kier alpha value is -1.17. The monoisotopic (exact) mass is 216 g/mol. The van der Waals surface area contributed by atoms with Crippen molar-refractivity contribution in [1.29, 1.82) is 0 Å². The highest BCUT2D eigenvalue weighted by Crippen LogP contribution is 2.26. The first-order valence-corrected chi connectivity index (χ1v) is 4.24. The topological polar surface area (TPSA) is 89.4 Å². The molecule has 0 radical (unpaired) electrons. The Kier molecular flexibility index (Phi) is 3.40. The molecule has 0 saturated heterocycles. The zero-order chi connectivity index (χ0) is 10.7. The van der Waals surface area contributed by atoms with Crippen LogP contribution in [0, 0.1) is 10.1 Å². The Morgan fingerprint density at radius 3 is 2.79 bits per heavy atom. The number of rotatable bonds is 3. The van der Waals surface area contributed by atoms with E-state index in [4.69, 9.17) is 22.4 Å². The third-order valence-corrected chi connectivity index (χ3v) is 2.02. The molecule has 0 aliphatic carbocycles. The lowest BCUT2D eigenvalue weighted by Crippen LogP contribution is -2.16. The number of hydrogen-bond acceptors (Lipinski definition) is 4. The van der Waals surface area contributed by atoms with Gasteiger partial charge in [0.15, 0.2) is 0 Å². The number of benzene rings is 1. The van der Waals surface area contributed by atoms with Crippen LogP contribution in [0.25, 0.3) is 0 Å². The Bertz CT molecular complexity index is 356. The maximum absolute atomic E-state index is 10.6. The molecule has 0 saturated carbocycles. The van der Waals surface area contributed by atoms with E-state index in [1.807, 2.05) is 0 Å². The molecule has 1 aromatic rings. The highest BCUT2D eigenvalue weighted by atomic mass is 35.5. The van der Waals surface area contributed by atoms with Crippen LogP contribution in [-0.2, 0) is 0 Å². The van der Waals surface area contributed by atoms with Gasteiger partial charge in [0.25, 0.3) is 5.69 Å². The van der Waals surface area contributed by atoms with Crippen molar-refractivity contribution in [3.63, 3.8) is 0 Å². The van der Waals surface area contributed by atoms with E-state index >= 15 is 0 Å². The zero-order valence-corrected chi connectivity index (χ0v) is 7.94. The summed E-state index contributed by atoms with van der Waals surface area (Å²) < 4.78 is 0. The first-order valence-electron chi connectivity index (χ1n) is 3.86. The van der Waals surface area contributed by atoms with E-state index in [0.29, 0.717) is 0 Å². The lowest BCUT2D eigenvalue weighted by Gasteiger charge is -2.08. The number of nitro groups is 1. The minimum Gasteiger partial charge on any atom is -0.394 e. The molecular formula is C8H9ClN2O3. The molecule has 0 spiro atoms. The van der Waals surface area contributed by atoms with E-state index in [1.165, 1.54) is 18.2 Å². The summed E-state index contributed by atoms with van der Waals surface area (Å²) in [6, 6.07) is 3.40. The smallest absolute Gasteiger partial charge is 0.275 e. The van der Waals surface area contributed by atoms with Crippen molar-refractivity contribution in [2.24, 2.45) is 5.73 Å². The van der Waals surface area contributed by atoms with Gasteiger partial charge in [-0.2, -0.15) is 0 Å². The van der Waals surface area contributed by atoms with Crippen molar-refractivity contribution in [2.75, 3.05) is 6.61 Å². The van der Waals surface area contributed by atoms with Crippen molar-refractivity contribution in [3.8, 4) is 0 Å². The second kappa shape index (κ2) is 4.36. The summed E-state index contributed by atoms with van der Waals surface area (Å²) in [5, 5.41) is 19.7. The lowest BCUT2D eigenvalue weighted by molar-refractivity contribution is -0.385. The molecule has 0 aliphatic heterocycles. The van der Waals surface area contributed by atoms with Crippen molar-refractivity contribution in [2.45, 2.75) is 6.04 Å². The van der Waals surface area contributed by atoms with Gasteiger partial charge in [-0.05, 0) is 12.1 Å². The quantitative estimate of drug-likeness (QED) is 0.588. The summed E-state index contributed by atoms with van der Waals surface area (Å²) in [5.41, 5.74) is 5.60. The van der Waals surface area contributed by atoms with Crippen LogP contribution in [0.5, 0.6) is 0 Å². The van der Waals surface area contributed by atoms with Gasteiger partial charge in [0.1, 0.15) is 0 Å². The highest BCUT2D eigenvalue weighted by molar-refractivity contribution is 6.30. The van der Waals surface area contributed by atoms with E-state index < -0.39 is 11.0 Å². The molecule has 0 aliphatic rings. The Balaban J connectivity index is 3.21. The number of nitrogens with zero attached hydrogens (tertiary/aromatic N) is 1. The molecule has 0 aromatic heterocycles. The summed E-state index contributed by atoms with van der Waals surface area (Å²) in [5.74, 6) is 0. The second-order valence-electron chi connectivity index (χ2n) is 2.75. The second-order valence-corrected chi connectivity index (χ2v) is 3.19. The predicted molar refractivity (Wildman–Crippen MR) is 52.1 cm³/mol. The normalized spacial score (nSPS) is 12.5. The molecule has 6 heteroatoms. The standard InChI is InChI=1S/C8H9ClN2O3/c9-5-1-2-6(7(10)4-12)8(3-5)11(13)14/h1-3,7,12H,4,10H2. The molecule has 76 valence electrons. The number of nitrogens with two attached hydrogens (primary N) is 1. The fourth-order valence-corrected chi connectivity index (χ4v) is 1.25. The van der Waals surface area contributed by atoms with Crippen molar-refractivity contribution < 1.29 is 10.0 Å². The van der Waals surface area contributed by atoms with Gasteiger partial charge in [-0.25, -0.2) is 0 Å². The summed E-state index contributed by atoms with van der Waals surface area (Å²) in [6.07, 6.45) is 0. The van der Waals surface area contributed by atoms with Crippen LogP contribution in [0.4, 0.5) is 5.69 Å². The Labute approximate surface area is 85.3 Å². The maximum Gasteiger partial charge on any atom is 0.275 e. The minimum atomic E-state index is -0.757. The number of nitro benzene ring substituents is 1. The van der Waals surface area contributed by atoms with Crippen LogP contribution >= 0.6 is 11.6 Å². The molecule has 1 unspecified atom stereocenters. The number of hydrogen-bond donors (Lipinski definition) is 2. The van der Waals surface area contributed by atoms with Gasteiger partial charge in [-0.1, -0.05) is 11.6 Å². The van der Waals surface area contributed by atoms with Crippen LogP contribution in [0.1, 0.15) is 11.6 Å². The van der Waals surface area contributed by atoms with Crippen molar-refractivity contribution in [1.82, 2.24) is 0 Å². The maximum atomic E-state index is 10.6. The Morgan fingerprint density at radius 2 is 2.29 bits per heavy atom. The zero-order valence-electron chi connectivity index (χ0n) is 7.18. The van der Waals surface area contributed by atoms with E-state index in [9.17, 15) is 10.1 Å². The van der Waals surface area contributed by atoms with Crippen LogP contribution in [0.2, 0.25) is 5.02 Å². The van der Waals surface area contributed by atoms with E-state index in [-0.39, 0.29) is 22.9 Å². The number of halogens is 1. The fraction of sp³-hybridized carbons (Fsp3) is 0.250. The van der Waals surface area contributed by atoms with Crippen LogP contribution in [0.15, 0.2) is 18.2 Å². The number of aliphatic hydroxyl groups excluding tert-OH is 1. The summed E-state index contributed by atoms with van der Waals surface area (Å²) in [4.78, 5) is 10.0. The highest BCUT2D eigenvalue weighted by Gasteiger charge is 2.18. The van der Waals surface area contributed by atoms with E-state index in [1.54, 1.807) is 0 Å². The molecule has 3 N–H and O–H groups in total. The SMILES string of the molecule is NC(CO)c1ccc(Cl)cc1[N+](=O)[O-]. The Morgan fingerprint density at radius 1 is 1.64 bits per heavy atom. The van der Waals surface area contributed by atoms with Gasteiger partial charge < -0.3 is 10.8 Å². The van der Waals surface area contributed by atoms with Gasteiger partial charge in [-0.15, -0.1) is 0 Å². The fourth-order valence-electron chi connectivity index (χ4n) is 1.09. The van der Waals surface area contributed by atoms with E-state index in [2.05, 4.69) is 0 Å². The van der Waals surface area contributed by atoms with Crippen molar-refractivity contribution in [3.05, 3.63) is 38.9 Å². The molecule has 5 nitrogen and oxygen atoms in total. The van der Waals surface area contributed by atoms with Gasteiger partial charge in [-0.3, -0.25) is 10.1 Å². The third kappa shape index (κ3) is 2.20. The summed E-state index contributed by atoms with van der Waals surface area (Å²) in [6.45, 7) is -0.345. The average Bonchev–Trinajstić information content (AvgIpc) is 2.16. The molecule has 0 bridgehead atoms. The van der Waals surface area contributed by atoms with Crippen molar-refractivity contribution >= 4 is 17.3 Å². The first kappa shape index (κ1) is 10.9. The predicted octanol–water partition coefficient (Wildman–Crippen LogP) is 1.24. The lowest BCUT2D eigenvalue weighted by atomic mass is 10.1. The van der Waals surface area contributed by atoms with Crippen LogP contribution in [0.3, 0.4) is 0 Å². The molecule has 0 amide bonds. The van der Waals surface area contributed by atoms with Gasteiger partial charge in [0.2, 0.25) is 0 Å². The molecule has 1 atom stereocenters. The molecule has 0 heterocycles. The van der Waals surface area contributed by atoms with Crippen LogP contribution < -0.4 is 5.73 Å². The molecule has 1 aromatic carbocycles. The largest absolute Gasteiger partial charge is 0.394 e. The molecule has 14 heavy (non-hydrogen) atoms. The third-order valence-electron chi connectivity index (χ3n) is 1.79. The first-order chi connectivity index (χ1) is 6.56. The van der Waals surface area contributed by atoms with Gasteiger partial charge in [0, 0.05) is 16.7 Å². The summed E-state index contributed by atoms with van der Waals surface area (Å²) >= 11 is 5.60. The molecule has 0 fully saturated rings. The van der Waals surface area contributed by atoms with Gasteiger partial charge >= 0.3 is 0 Å².